The van der Waals surface area contributed by atoms with Gasteiger partial charge in [0.05, 0.1) is 11.7 Å². The van der Waals surface area contributed by atoms with E-state index in [0.717, 1.165) is 13.1 Å². The van der Waals surface area contributed by atoms with E-state index in [4.69, 9.17) is 4.74 Å². The van der Waals surface area contributed by atoms with Gasteiger partial charge in [0.25, 0.3) is 0 Å². The lowest BCUT2D eigenvalue weighted by atomic mass is 9.76. The molecule has 0 radical (unpaired) electrons. The standard InChI is InChI=1S/C14H27NO/c1-13(2)6-4-12(5-7-13)16-14(3)8-10-15-11-9-14/h12,15H,4-11H2,1-3H3. The summed E-state index contributed by atoms with van der Waals surface area (Å²) in [5.41, 5.74) is 0.701. The van der Waals surface area contributed by atoms with E-state index in [-0.39, 0.29) is 5.60 Å². The molecular weight excluding hydrogens is 198 g/mol. The van der Waals surface area contributed by atoms with E-state index in [1.54, 1.807) is 0 Å². The summed E-state index contributed by atoms with van der Waals surface area (Å²) in [7, 11) is 0. The van der Waals surface area contributed by atoms with Crippen LogP contribution in [-0.2, 0) is 4.74 Å². The number of nitrogens with one attached hydrogen (secondary N) is 1. The molecule has 1 N–H and O–H groups in total. The monoisotopic (exact) mass is 225 g/mol. The van der Waals surface area contributed by atoms with E-state index in [1.807, 2.05) is 0 Å². The summed E-state index contributed by atoms with van der Waals surface area (Å²) in [4.78, 5) is 0. The van der Waals surface area contributed by atoms with E-state index >= 15 is 0 Å². The van der Waals surface area contributed by atoms with Gasteiger partial charge in [0.2, 0.25) is 0 Å². The highest BCUT2D eigenvalue weighted by Gasteiger charge is 2.34. The van der Waals surface area contributed by atoms with Crippen molar-refractivity contribution in [1.29, 1.82) is 0 Å². The number of rotatable bonds is 2. The van der Waals surface area contributed by atoms with Crippen LogP contribution < -0.4 is 5.32 Å². The Balaban J connectivity index is 1.81. The molecule has 0 bridgehead atoms. The van der Waals surface area contributed by atoms with Crippen molar-refractivity contribution in [2.75, 3.05) is 13.1 Å². The molecule has 2 fully saturated rings. The van der Waals surface area contributed by atoms with Gasteiger partial charge >= 0.3 is 0 Å². The summed E-state index contributed by atoms with van der Waals surface area (Å²) in [5, 5.41) is 3.41. The Morgan fingerprint density at radius 1 is 0.938 bits per heavy atom. The Hall–Kier alpha value is -0.0800. The van der Waals surface area contributed by atoms with Crippen molar-refractivity contribution < 1.29 is 4.74 Å². The van der Waals surface area contributed by atoms with Crippen molar-refractivity contribution in [2.24, 2.45) is 5.41 Å². The summed E-state index contributed by atoms with van der Waals surface area (Å²) in [6, 6.07) is 0. The molecule has 1 saturated carbocycles. The molecule has 94 valence electrons. The second-order valence-electron chi connectivity index (χ2n) is 6.68. The van der Waals surface area contributed by atoms with Crippen LogP contribution in [0.2, 0.25) is 0 Å². The first-order valence-electron chi connectivity index (χ1n) is 6.88. The van der Waals surface area contributed by atoms with Gasteiger partial charge in [0, 0.05) is 0 Å². The minimum atomic E-state index is 0.150. The third-order valence-electron chi connectivity index (χ3n) is 4.40. The van der Waals surface area contributed by atoms with Crippen molar-refractivity contribution in [2.45, 2.75) is 71.0 Å². The maximum absolute atomic E-state index is 6.37. The van der Waals surface area contributed by atoms with Crippen LogP contribution >= 0.6 is 0 Å². The SMILES string of the molecule is CC1(C)CCC(OC2(C)CCNCC2)CC1. The highest BCUT2D eigenvalue weighted by molar-refractivity contribution is 4.86. The Kier molecular flexibility index (Phi) is 3.60. The second-order valence-corrected chi connectivity index (χ2v) is 6.68. The van der Waals surface area contributed by atoms with E-state index in [1.165, 1.54) is 38.5 Å². The number of ether oxygens (including phenoxy) is 1. The summed E-state index contributed by atoms with van der Waals surface area (Å²) in [6.07, 6.45) is 8.04. The Morgan fingerprint density at radius 3 is 2.06 bits per heavy atom. The fourth-order valence-electron chi connectivity index (χ4n) is 2.97. The molecule has 2 heteroatoms. The lowest BCUT2D eigenvalue weighted by molar-refractivity contribution is -0.117. The van der Waals surface area contributed by atoms with Crippen molar-refractivity contribution >= 4 is 0 Å². The van der Waals surface area contributed by atoms with Crippen LogP contribution in [0, 0.1) is 5.41 Å². The Morgan fingerprint density at radius 2 is 1.50 bits per heavy atom. The van der Waals surface area contributed by atoms with Gasteiger partial charge in [-0.1, -0.05) is 13.8 Å². The fourth-order valence-corrected chi connectivity index (χ4v) is 2.97. The normalized spacial score (nSPS) is 30.2. The second kappa shape index (κ2) is 4.66. The van der Waals surface area contributed by atoms with E-state index in [0.29, 0.717) is 11.5 Å². The minimum absolute atomic E-state index is 0.150. The quantitative estimate of drug-likeness (QED) is 0.779. The van der Waals surface area contributed by atoms with Gasteiger partial charge in [-0.3, -0.25) is 0 Å². The predicted molar refractivity (Wildman–Crippen MR) is 67.6 cm³/mol. The lowest BCUT2D eigenvalue weighted by Gasteiger charge is -2.41. The largest absolute Gasteiger partial charge is 0.372 e. The molecule has 16 heavy (non-hydrogen) atoms. The smallest absolute Gasteiger partial charge is 0.0682 e. The molecule has 1 saturated heterocycles. The molecule has 1 heterocycles. The molecular formula is C14H27NO. The molecule has 0 unspecified atom stereocenters. The van der Waals surface area contributed by atoms with Gasteiger partial charge in [-0.15, -0.1) is 0 Å². The molecule has 0 aromatic rings. The molecule has 0 atom stereocenters. The fraction of sp³-hybridized carbons (Fsp3) is 1.00. The third kappa shape index (κ3) is 3.21. The third-order valence-corrected chi connectivity index (χ3v) is 4.40. The van der Waals surface area contributed by atoms with Gasteiger partial charge in [0.1, 0.15) is 0 Å². The predicted octanol–water partition coefficient (Wildman–Crippen LogP) is 3.11. The number of hydrogen-bond donors (Lipinski definition) is 1. The summed E-state index contributed by atoms with van der Waals surface area (Å²) in [5.74, 6) is 0. The highest BCUT2D eigenvalue weighted by atomic mass is 16.5. The van der Waals surface area contributed by atoms with Crippen molar-refractivity contribution in [3.63, 3.8) is 0 Å². The molecule has 2 aliphatic rings. The average Bonchev–Trinajstić information content (AvgIpc) is 2.22. The van der Waals surface area contributed by atoms with Gasteiger partial charge in [0.15, 0.2) is 0 Å². The summed E-state index contributed by atoms with van der Waals surface area (Å²) in [6.45, 7) is 9.31. The molecule has 2 nitrogen and oxygen atoms in total. The van der Waals surface area contributed by atoms with Gasteiger partial charge < -0.3 is 10.1 Å². The highest BCUT2D eigenvalue weighted by Crippen LogP contribution is 2.38. The first-order chi connectivity index (χ1) is 7.49. The zero-order valence-electron chi connectivity index (χ0n) is 11.1. The Bertz CT molecular complexity index is 221. The van der Waals surface area contributed by atoms with Crippen LogP contribution in [0.5, 0.6) is 0 Å². The molecule has 0 aromatic heterocycles. The van der Waals surface area contributed by atoms with Crippen LogP contribution in [0.4, 0.5) is 0 Å². The molecule has 0 spiro atoms. The summed E-state index contributed by atoms with van der Waals surface area (Å²) < 4.78 is 6.37. The van der Waals surface area contributed by atoms with E-state index in [9.17, 15) is 0 Å². The Labute approximate surface area is 100 Å². The number of piperidine rings is 1. The van der Waals surface area contributed by atoms with Gasteiger partial charge in [-0.05, 0) is 64.0 Å². The molecule has 1 aliphatic heterocycles. The average molecular weight is 225 g/mol. The van der Waals surface area contributed by atoms with Crippen molar-refractivity contribution in [3.05, 3.63) is 0 Å². The molecule has 2 rings (SSSR count). The van der Waals surface area contributed by atoms with Crippen LogP contribution in [0.25, 0.3) is 0 Å². The maximum Gasteiger partial charge on any atom is 0.0682 e. The summed E-state index contributed by atoms with van der Waals surface area (Å²) >= 11 is 0. The first-order valence-corrected chi connectivity index (χ1v) is 6.88. The van der Waals surface area contributed by atoms with Crippen LogP contribution in [0.1, 0.15) is 59.3 Å². The maximum atomic E-state index is 6.37. The molecule has 1 aliphatic carbocycles. The van der Waals surface area contributed by atoms with E-state index in [2.05, 4.69) is 26.1 Å². The molecule has 0 aromatic carbocycles. The van der Waals surface area contributed by atoms with Crippen LogP contribution in [-0.4, -0.2) is 24.8 Å². The minimum Gasteiger partial charge on any atom is -0.372 e. The topological polar surface area (TPSA) is 21.3 Å². The van der Waals surface area contributed by atoms with Gasteiger partial charge in [-0.25, -0.2) is 0 Å². The van der Waals surface area contributed by atoms with Crippen molar-refractivity contribution in [3.8, 4) is 0 Å². The van der Waals surface area contributed by atoms with Crippen molar-refractivity contribution in [1.82, 2.24) is 5.32 Å². The van der Waals surface area contributed by atoms with E-state index < -0.39 is 0 Å². The van der Waals surface area contributed by atoms with Gasteiger partial charge in [-0.2, -0.15) is 0 Å². The van der Waals surface area contributed by atoms with Crippen LogP contribution in [0.15, 0.2) is 0 Å². The lowest BCUT2D eigenvalue weighted by Crippen LogP contribution is -2.44. The number of hydrogen-bond acceptors (Lipinski definition) is 2. The molecule has 0 amide bonds. The zero-order chi connectivity index (χ0) is 11.6. The zero-order valence-corrected chi connectivity index (χ0v) is 11.1. The first kappa shape index (κ1) is 12.4. The van der Waals surface area contributed by atoms with Crippen LogP contribution in [0.3, 0.4) is 0 Å².